The summed E-state index contributed by atoms with van der Waals surface area (Å²) in [7, 11) is -3.74. The minimum Gasteiger partial charge on any atom is -0.446 e. The average molecular weight is 578 g/mol. The van der Waals surface area contributed by atoms with E-state index in [1.807, 2.05) is 23.5 Å². The molecule has 0 aliphatic carbocycles. The Hall–Kier alpha value is -2.11. The van der Waals surface area contributed by atoms with Crippen LogP contribution in [0.3, 0.4) is 0 Å². The first-order chi connectivity index (χ1) is 17.9. The van der Waals surface area contributed by atoms with Crippen molar-refractivity contribution >= 4 is 56.7 Å². The van der Waals surface area contributed by atoms with Gasteiger partial charge in [-0.3, -0.25) is 4.79 Å². The number of halogens is 1. The third kappa shape index (κ3) is 6.49. The number of nitrogens with one attached hydrogen (secondary N) is 2. The first-order valence-electron chi connectivity index (χ1n) is 12.1. The summed E-state index contributed by atoms with van der Waals surface area (Å²) in [5.74, 6) is 2.49. The summed E-state index contributed by atoms with van der Waals surface area (Å²) >= 11 is 9.84. The summed E-state index contributed by atoms with van der Waals surface area (Å²) in [5.41, 5.74) is 2.87. The molecule has 2 aliphatic rings. The Morgan fingerprint density at radius 3 is 2.32 bits per heavy atom. The normalized spacial score (nSPS) is 17.6. The van der Waals surface area contributed by atoms with Gasteiger partial charge in [-0.25, -0.2) is 8.42 Å². The second-order valence-electron chi connectivity index (χ2n) is 8.93. The van der Waals surface area contributed by atoms with E-state index in [1.54, 1.807) is 30.3 Å². The molecule has 2 aliphatic heterocycles. The molecule has 37 heavy (non-hydrogen) atoms. The van der Waals surface area contributed by atoms with Gasteiger partial charge in [0, 0.05) is 46.9 Å². The maximum absolute atomic E-state index is 13.1. The van der Waals surface area contributed by atoms with E-state index in [2.05, 4.69) is 34.9 Å². The maximum atomic E-state index is 13.1. The summed E-state index contributed by atoms with van der Waals surface area (Å²) in [6.07, 6.45) is 1.42. The molecule has 0 spiro atoms. The number of carbonyl (C=O) groups excluding carboxylic acids is 1. The number of benzene rings is 2. The largest absolute Gasteiger partial charge is 0.446 e. The van der Waals surface area contributed by atoms with Gasteiger partial charge in [-0.2, -0.15) is 4.31 Å². The second-order valence-corrected chi connectivity index (χ2v) is 14.0. The average Bonchev–Trinajstić information content (AvgIpc) is 3.62. The zero-order valence-corrected chi connectivity index (χ0v) is 23.3. The van der Waals surface area contributed by atoms with Gasteiger partial charge in [0.05, 0.1) is 11.1 Å². The molecule has 2 saturated heterocycles. The molecule has 2 N–H and O–H groups in total. The molecule has 3 heterocycles. The van der Waals surface area contributed by atoms with E-state index in [4.69, 9.17) is 16.0 Å². The zero-order valence-electron chi connectivity index (χ0n) is 20.1. The standard InChI is InChI=1S/C26H28ClN3O4S3/c27-20-5-1-18(2-6-20)25(31)28-17-23-9-10-24(34-23)37(32,33)30-13-11-22(12-14-30)29-21-7-3-19(4-8-21)26-35-15-16-36-26/h1-10,22,26,29H,11-17H2,(H,28,31). The SMILES string of the molecule is O=C(NCc1ccc(S(=O)(=O)N2CCC(Nc3ccc(C4SCCS4)cc3)CC2)o1)c1ccc(Cl)cc1. The molecular weight excluding hydrogens is 550 g/mol. The van der Waals surface area contributed by atoms with E-state index in [1.165, 1.54) is 27.4 Å². The van der Waals surface area contributed by atoms with E-state index in [0.29, 0.717) is 46.9 Å². The van der Waals surface area contributed by atoms with Crippen LogP contribution in [0, 0.1) is 0 Å². The van der Waals surface area contributed by atoms with Crippen LogP contribution in [0.5, 0.6) is 0 Å². The second kappa shape index (κ2) is 11.7. The van der Waals surface area contributed by atoms with Gasteiger partial charge in [-0.05, 0) is 66.9 Å². The number of furan rings is 1. The van der Waals surface area contributed by atoms with Gasteiger partial charge in [0.2, 0.25) is 5.09 Å². The van der Waals surface area contributed by atoms with Gasteiger partial charge >= 0.3 is 0 Å². The first-order valence-corrected chi connectivity index (χ1v) is 16.0. The lowest BCUT2D eigenvalue weighted by atomic mass is 10.1. The smallest absolute Gasteiger partial charge is 0.276 e. The van der Waals surface area contributed by atoms with Crippen molar-refractivity contribution in [3.8, 4) is 0 Å². The highest BCUT2D eigenvalue weighted by atomic mass is 35.5. The molecule has 11 heteroatoms. The summed E-state index contributed by atoms with van der Waals surface area (Å²) in [6.45, 7) is 0.910. The minimum atomic E-state index is -3.74. The third-order valence-electron chi connectivity index (χ3n) is 6.39. The highest BCUT2D eigenvalue weighted by Crippen LogP contribution is 2.45. The van der Waals surface area contributed by atoms with Crippen molar-refractivity contribution in [3.63, 3.8) is 0 Å². The van der Waals surface area contributed by atoms with Gasteiger partial charge in [0.1, 0.15) is 5.76 Å². The molecule has 1 amide bonds. The molecule has 3 aromatic rings. The number of hydrogen-bond donors (Lipinski definition) is 2. The summed E-state index contributed by atoms with van der Waals surface area (Å²) in [4.78, 5) is 12.3. The van der Waals surface area contributed by atoms with Gasteiger partial charge < -0.3 is 15.1 Å². The van der Waals surface area contributed by atoms with E-state index in [0.717, 1.165) is 5.69 Å². The minimum absolute atomic E-state index is 0.0832. The fourth-order valence-electron chi connectivity index (χ4n) is 4.35. The van der Waals surface area contributed by atoms with Gasteiger partial charge in [0.25, 0.3) is 15.9 Å². The summed E-state index contributed by atoms with van der Waals surface area (Å²) in [5, 5.41) is 6.73. The van der Waals surface area contributed by atoms with Crippen molar-refractivity contribution in [1.82, 2.24) is 9.62 Å². The van der Waals surface area contributed by atoms with E-state index >= 15 is 0 Å². The molecule has 0 bridgehead atoms. The van der Waals surface area contributed by atoms with Crippen LogP contribution in [-0.2, 0) is 16.6 Å². The van der Waals surface area contributed by atoms with Crippen LogP contribution in [0.1, 0.15) is 39.1 Å². The molecule has 7 nitrogen and oxygen atoms in total. The number of amides is 1. The third-order valence-corrected chi connectivity index (χ3v) is 11.5. The predicted molar refractivity (Wildman–Crippen MR) is 151 cm³/mol. The number of hydrogen-bond acceptors (Lipinski definition) is 7. The van der Waals surface area contributed by atoms with Crippen LogP contribution in [0.15, 0.2) is 70.2 Å². The van der Waals surface area contributed by atoms with E-state index < -0.39 is 10.0 Å². The molecule has 2 fully saturated rings. The molecule has 2 aromatic carbocycles. The van der Waals surface area contributed by atoms with Crippen LogP contribution in [0.25, 0.3) is 0 Å². The van der Waals surface area contributed by atoms with Crippen LogP contribution >= 0.6 is 35.1 Å². The zero-order chi connectivity index (χ0) is 25.8. The Balaban J connectivity index is 1.12. The Labute approximate surface area is 230 Å². The lowest BCUT2D eigenvalue weighted by Gasteiger charge is -2.31. The number of sulfonamides is 1. The van der Waals surface area contributed by atoms with Crippen molar-refractivity contribution in [2.24, 2.45) is 0 Å². The van der Waals surface area contributed by atoms with Gasteiger partial charge in [-0.15, -0.1) is 23.5 Å². The highest BCUT2D eigenvalue weighted by Gasteiger charge is 2.32. The Kier molecular flexibility index (Phi) is 8.40. The van der Waals surface area contributed by atoms with Crippen molar-refractivity contribution in [1.29, 1.82) is 0 Å². The first kappa shape index (κ1) is 26.5. The van der Waals surface area contributed by atoms with Crippen molar-refractivity contribution in [2.75, 3.05) is 29.9 Å². The van der Waals surface area contributed by atoms with Crippen molar-refractivity contribution in [3.05, 3.63) is 82.6 Å². The number of nitrogens with zero attached hydrogens (tertiary/aromatic N) is 1. The van der Waals surface area contributed by atoms with E-state index in [-0.39, 0.29) is 23.6 Å². The molecule has 196 valence electrons. The van der Waals surface area contributed by atoms with Crippen LogP contribution in [0.4, 0.5) is 5.69 Å². The summed E-state index contributed by atoms with van der Waals surface area (Å²) < 4.78 is 33.9. The molecule has 0 saturated carbocycles. The molecular formula is C26H28ClN3O4S3. The number of rotatable bonds is 8. The van der Waals surface area contributed by atoms with Crippen molar-refractivity contribution < 1.29 is 17.6 Å². The van der Waals surface area contributed by atoms with Crippen molar-refractivity contribution in [2.45, 2.75) is 35.1 Å². The lowest BCUT2D eigenvalue weighted by molar-refractivity contribution is 0.0947. The number of piperidine rings is 1. The Morgan fingerprint density at radius 2 is 1.65 bits per heavy atom. The van der Waals surface area contributed by atoms with Crippen LogP contribution in [-0.4, -0.2) is 49.3 Å². The summed E-state index contributed by atoms with van der Waals surface area (Å²) in [6, 6.07) is 18.4. The molecule has 0 radical (unpaired) electrons. The Morgan fingerprint density at radius 1 is 0.973 bits per heavy atom. The fraction of sp³-hybridized carbons (Fsp3) is 0.346. The fourth-order valence-corrected chi connectivity index (χ4v) is 8.74. The van der Waals surface area contributed by atoms with Crippen LogP contribution in [0.2, 0.25) is 5.02 Å². The quantitative estimate of drug-likeness (QED) is 0.360. The van der Waals surface area contributed by atoms with Crippen LogP contribution < -0.4 is 10.6 Å². The lowest BCUT2D eigenvalue weighted by Crippen LogP contribution is -2.42. The number of anilines is 1. The monoisotopic (exact) mass is 577 g/mol. The van der Waals surface area contributed by atoms with Gasteiger partial charge in [0.15, 0.2) is 0 Å². The molecule has 5 rings (SSSR count). The molecule has 1 aromatic heterocycles. The molecule has 0 atom stereocenters. The predicted octanol–water partition coefficient (Wildman–Crippen LogP) is 5.61. The highest BCUT2D eigenvalue weighted by molar-refractivity contribution is 8.19. The maximum Gasteiger partial charge on any atom is 0.276 e. The number of carbonyl (C=O) groups is 1. The molecule has 0 unspecified atom stereocenters. The number of thioether (sulfide) groups is 2. The van der Waals surface area contributed by atoms with E-state index in [9.17, 15) is 13.2 Å². The Bertz CT molecular complexity index is 1320. The van der Waals surface area contributed by atoms with Gasteiger partial charge in [-0.1, -0.05) is 23.7 Å². The topological polar surface area (TPSA) is 91.7 Å².